The van der Waals surface area contributed by atoms with E-state index in [0.29, 0.717) is 6.42 Å². The van der Waals surface area contributed by atoms with Crippen molar-refractivity contribution in [1.82, 2.24) is 4.72 Å². The number of sulfonamides is 1. The molecule has 106 valence electrons. The Labute approximate surface area is 126 Å². The number of rotatable bonds is 5. The SMILES string of the molecule is O=S(=O)(NCCc1ccccc1)c1ccc(Br)c(F)c1. The molecule has 6 heteroatoms. The van der Waals surface area contributed by atoms with Gasteiger partial charge in [0.1, 0.15) is 5.82 Å². The Balaban J connectivity index is 2.02. The van der Waals surface area contributed by atoms with Gasteiger partial charge in [0.15, 0.2) is 0 Å². The number of nitrogens with one attached hydrogen (secondary N) is 1. The molecule has 2 rings (SSSR count). The van der Waals surface area contributed by atoms with Gasteiger partial charge in [-0.15, -0.1) is 0 Å². The molecule has 0 aliphatic heterocycles. The Bertz CT molecular complexity index is 690. The molecule has 20 heavy (non-hydrogen) atoms. The van der Waals surface area contributed by atoms with Crippen LogP contribution in [0, 0.1) is 5.82 Å². The van der Waals surface area contributed by atoms with Gasteiger partial charge in [0, 0.05) is 6.54 Å². The molecule has 1 N–H and O–H groups in total. The topological polar surface area (TPSA) is 46.2 Å². The minimum absolute atomic E-state index is 0.0775. The first-order chi connectivity index (χ1) is 9.49. The first-order valence-electron chi connectivity index (χ1n) is 5.98. The zero-order valence-corrected chi connectivity index (χ0v) is 12.9. The van der Waals surface area contributed by atoms with Crippen molar-refractivity contribution in [3.05, 3.63) is 64.4 Å². The third-order valence-electron chi connectivity index (χ3n) is 2.75. The number of hydrogen-bond donors (Lipinski definition) is 1. The van der Waals surface area contributed by atoms with Gasteiger partial charge >= 0.3 is 0 Å². The molecule has 0 aliphatic carbocycles. The monoisotopic (exact) mass is 357 g/mol. The van der Waals surface area contributed by atoms with E-state index >= 15 is 0 Å². The maximum atomic E-state index is 13.4. The Kier molecular flexibility index (Phi) is 4.91. The van der Waals surface area contributed by atoms with Crippen molar-refractivity contribution in [3.8, 4) is 0 Å². The fraction of sp³-hybridized carbons (Fsp3) is 0.143. The molecule has 0 aliphatic rings. The highest BCUT2D eigenvalue weighted by atomic mass is 79.9. The average molecular weight is 358 g/mol. The molecular formula is C14H13BrFNO2S. The maximum Gasteiger partial charge on any atom is 0.240 e. The summed E-state index contributed by atoms with van der Waals surface area (Å²) < 4.78 is 40.0. The van der Waals surface area contributed by atoms with Crippen LogP contribution in [0.2, 0.25) is 0 Å². The summed E-state index contributed by atoms with van der Waals surface area (Å²) in [5.74, 6) is -0.601. The van der Waals surface area contributed by atoms with Crippen molar-refractivity contribution in [3.63, 3.8) is 0 Å². The molecular weight excluding hydrogens is 345 g/mol. The molecule has 0 aromatic heterocycles. The Morgan fingerprint density at radius 3 is 2.45 bits per heavy atom. The fourth-order valence-electron chi connectivity index (χ4n) is 1.70. The molecule has 0 radical (unpaired) electrons. The lowest BCUT2D eigenvalue weighted by Crippen LogP contribution is -2.26. The molecule has 0 unspecified atom stereocenters. The molecule has 0 heterocycles. The minimum Gasteiger partial charge on any atom is -0.211 e. The molecule has 0 spiro atoms. The van der Waals surface area contributed by atoms with Crippen LogP contribution in [-0.4, -0.2) is 15.0 Å². The summed E-state index contributed by atoms with van der Waals surface area (Å²) in [6.07, 6.45) is 0.582. The van der Waals surface area contributed by atoms with Gasteiger partial charge in [-0.2, -0.15) is 0 Å². The second kappa shape index (κ2) is 6.47. The maximum absolute atomic E-state index is 13.4. The summed E-state index contributed by atoms with van der Waals surface area (Å²) in [4.78, 5) is -0.0775. The van der Waals surface area contributed by atoms with E-state index in [9.17, 15) is 12.8 Å². The first kappa shape index (κ1) is 15.2. The number of halogens is 2. The normalized spacial score (nSPS) is 11.5. The molecule has 0 bridgehead atoms. The van der Waals surface area contributed by atoms with Gasteiger partial charge in [-0.1, -0.05) is 30.3 Å². The van der Waals surface area contributed by atoms with Gasteiger partial charge in [-0.3, -0.25) is 0 Å². The summed E-state index contributed by atoms with van der Waals surface area (Å²) in [6.45, 7) is 0.268. The zero-order chi connectivity index (χ0) is 14.6. The van der Waals surface area contributed by atoms with Crippen LogP contribution < -0.4 is 4.72 Å². The van der Waals surface area contributed by atoms with Crippen LogP contribution in [0.4, 0.5) is 4.39 Å². The Morgan fingerprint density at radius 1 is 1.10 bits per heavy atom. The smallest absolute Gasteiger partial charge is 0.211 e. The van der Waals surface area contributed by atoms with Gasteiger partial charge < -0.3 is 0 Å². The fourth-order valence-corrected chi connectivity index (χ4v) is 2.99. The van der Waals surface area contributed by atoms with E-state index in [1.807, 2.05) is 30.3 Å². The van der Waals surface area contributed by atoms with E-state index in [-0.39, 0.29) is 15.9 Å². The molecule has 2 aromatic rings. The number of benzene rings is 2. The lowest BCUT2D eigenvalue weighted by molar-refractivity contribution is 0.577. The quantitative estimate of drug-likeness (QED) is 0.893. The molecule has 2 aromatic carbocycles. The Hall–Kier alpha value is -1.24. The highest BCUT2D eigenvalue weighted by molar-refractivity contribution is 9.10. The van der Waals surface area contributed by atoms with Crippen LogP contribution in [0.3, 0.4) is 0 Å². The summed E-state index contributed by atoms with van der Waals surface area (Å²) >= 11 is 2.99. The van der Waals surface area contributed by atoms with E-state index < -0.39 is 15.8 Å². The molecule has 3 nitrogen and oxygen atoms in total. The van der Waals surface area contributed by atoms with Crippen molar-refractivity contribution >= 4 is 26.0 Å². The second-order valence-corrected chi connectivity index (χ2v) is 6.83. The third kappa shape index (κ3) is 3.88. The van der Waals surface area contributed by atoms with E-state index in [1.165, 1.54) is 12.1 Å². The predicted molar refractivity (Wildman–Crippen MR) is 79.4 cm³/mol. The van der Waals surface area contributed by atoms with E-state index in [0.717, 1.165) is 11.6 Å². The molecule has 0 saturated carbocycles. The van der Waals surface area contributed by atoms with E-state index in [1.54, 1.807) is 0 Å². The second-order valence-electron chi connectivity index (χ2n) is 4.21. The highest BCUT2D eigenvalue weighted by Gasteiger charge is 2.15. The van der Waals surface area contributed by atoms with Crippen molar-refractivity contribution < 1.29 is 12.8 Å². The van der Waals surface area contributed by atoms with Gasteiger partial charge in [-0.25, -0.2) is 17.5 Å². The summed E-state index contributed by atoms with van der Waals surface area (Å²) in [6, 6.07) is 13.3. The first-order valence-corrected chi connectivity index (χ1v) is 8.25. The third-order valence-corrected chi connectivity index (χ3v) is 4.85. The van der Waals surface area contributed by atoms with Crippen LogP contribution in [0.1, 0.15) is 5.56 Å². The molecule has 0 fully saturated rings. The van der Waals surface area contributed by atoms with Crippen LogP contribution in [0.25, 0.3) is 0 Å². The minimum atomic E-state index is -3.68. The summed E-state index contributed by atoms with van der Waals surface area (Å²) in [5, 5.41) is 0. The molecule has 0 saturated heterocycles. The Morgan fingerprint density at radius 2 is 1.80 bits per heavy atom. The van der Waals surface area contributed by atoms with Gasteiger partial charge in [0.2, 0.25) is 10.0 Å². The highest BCUT2D eigenvalue weighted by Crippen LogP contribution is 2.19. The lowest BCUT2D eigenvalue weighted by Gasteiger charge is -2.07. The van der Waals surface area contributed by atoms with Crippen molar-refractivity contribution in [2.45, 2.75) is 11.3 Å². The predicted octanol–water partition coefficient (Wildman–Crippen LogP) is 3.11. The lowest BCUT2D eigenvalue weighted by atomic mass is 10.2. The number of hydrogen-bond acceptors (Lipinski definition) is 2. The standard InChI is InChI=1S/C14H13BrFNO2S/c15-13-7-6-12(10-14(13)16)20(18,19)17-9-8-11-4-2-1-3-5-11/h1-7,10,17H,8-9H2. The van der Waals surface area contributed by atoms with Gasteiger partial charge in [0.05, 0.1) is 9.37 Å². The van der Waals surface area contributed by atoms with Gasteiger partial charge in [0.25, 0.3) is 0 Å². The average Bonchev–Trinajstić information content (AvgIpc) is 2.43. The van der Waals surface area contributed by atoms with Crippen LogP contribution in [-0.2, 0) is 16.4 Å². The molecule has 0 atom stereocenters. The van der Waals surface area contributed by atoms with Gasteiger partial charge in [-0.05, 0) is 46.1 Å². The van der Waals surface area contributed by atoms with E-state index in [2.05, 4.69) is 20.7 Å². The largest absolute Gasteiger partial charge is 0.240 e. The van der Waals surface area contributed by atoms with Crippen LogP contribution in [0.5, 0.6) is 0 Å². The van der Waals surface area contributed by atoms with Crippen molar-refractivity contribution in [2.75, 3.05) is 6.54 Å². The van der Waals surface area contributed by atoms with Crippen LogP contribution in [0.15, 0.2) is 57.9 Å². The van der Waals surface area contributed by atoms with Crippen LogP contribution >= 0.6 is 15.9 Å². The van der Waals surface area contributed by atoms with Crippen molar-refractivity contribution in [2.24, 2.45) is 0 Å². The summed E-state index contributed by atoms with van der Waals surface area (Å²) in [5.41, 5.74) is 1.04. The summed E-state index contributed by atoms with van der Waals surface area (Å²) in [7, 11) is -3.68. The van der Waals surface area contributed by atoms with E-state index in [4.69, 9.17) is 0 Å². The van der Waals surface area contributed by atoms with Crippen molar-refractivity contribution in [1.29, 1.82) is 0 Å². The molecule has 0 amide bonds. The zero-order valence-electron chi connectivity index (χ0n) is 10.5.